The molecule has 0 radical (unpaired) electrons. The van der Waals surface area contributed by atoms with Crippen LogP contribution in [0, 0.1) is 10.8 Å². The summed E-state index contributed by atoms with van der Waals surface area (Å²) >= 11 is 0. The first-order valence-electron chi connectivity index (χ1n) is 16.3. The van der Waals surface area contributed by atoms with Gasteiger partial charge in [0.25, 0.3) is 0 Å². The van der Waals surface area contributed by atoms with Gasteiger partial charge in [0, 0.05) is 18.3 Å². The Balaban J connectivity index is 1.27. The molecule has 0 aromatic rings. The van der Waals surface area contributed by atoms with Gasteiger partial charge >= 0.3 is 0 Å². The van der Waals surface area contributed by atoms with Gasteiger partial charge in [-0.2, -0.15) is 0 Å². The SMILES string of the molecule is CC(=C/C=C/C=C(C)/C=C/C=C(\C)[C@H]1C=C2C(C)(C)C[C@H](O)C[C@@]2(C)O1)/C=C/C=C(C)/C=C/[C@@]12O[C@]1(C)C[C@@H](O)CC2(C)C. The van der Waals surface area contributed by atoms with Crippen LogP contribution in [0.3, 0.4) is 0 Å². The molecule has 4 nitrogen and oxygen atoms in total. The first-order valence-corrected chi connectivity index (χ1v) is 16.3. The number of hydrogen-bond donors (Lipinski definition) is 2. The number of aliphatic hydroxyl groups excluding tert-OH is 2. The van der Waals surface area contributed by atoms with Crippen LogP contribution in [0.25, 0.3) is 0 Å². The summed E-state index contributed by atoms with van der Waals surface area (Å²) in [6.07, 6.45) is 29.9. The van der Waals surface area contributed by atoms with Crippen LogP contribution in [0.15, 0.2) is 107 Å². The minimum Gasteiger partial charge on any atom is -0.393 e. The Morgan fingerprint density at radius 1 is 0.705 bits per heavy atom. The van der Waals surface area contributed by atoms with Crippen molar-refractivity contribution in [3.63, 3.8) is 0 Å². The highest BCUT2D eigenvalue weighted by molar-refractivity contribution is 5.38. The van der Waals surface area contributed by atoms with Crippen molar-refractivity contribution in [2.24, 2.45) is 10.8 Å². The van der Waals surface area contributed by atoms with E-state index in [0.29, 0.717) is 12.8 Å². The maximum atomic E-state index is 10.4. The Labute approximate surface area is 267 Å². The fraction of sp³-hybridized carbons (Fsp3) is 0.550. The zero-order valence-corrected chi connectivity index (χ0v) is 28.8. The lowest BCUT2D eigenvalue weighted by Gasteiger charge is -2.44. The number of fused-ring (bicyclic) bond motifs is 2. The van der Waals surface area contributed by atoms with Gasteiger partial charge in [-0.25, -0.2) is 0 Å². The monoisotopic (exact) mass is 600 g/mol. The second kappa shape index (κ2) is 12.7. The minimum absolute atomic E-state index is 0.0500. The summed E-state index contributed by atoms with van der Waals surface area (Å²) in [4.78, 5) is 0. The normalized spacial score (nSPS) is 37.7. The fourth-order valence-corrected chi connectivity index (χ4v) is 7.95. The van der Waals surface area contributed by atoms with E-state index in [1.54, 1.807) is 0 Å². The molecular formula is C40H56O4. The molecule has 0 aromatic heterocycles. The second-order valence-electron chi connectivity index (χ2n) is 15.4. The van der Waals surface area contributed by atoms with Crippen molar-refractivity contribution in [2.75, 3.05) is 0 Å². The molecule has 6 atom stereocenters. The molecule has 0 amide bonds. The summed E-state index contributed by atoms with van der Waals surface area (Å²) < 4.78 is 12.7. The minimum atomic E-state index is -0.385. The summed E-state index contributed by atoms with van der Waals surface area (Å²) in [5.74, 6) is 0. The van der Waals surface area contributed by atoms with Crippen LogP contribution in [0.1, 0.15) is 94.9 Å². The number of epoxide rings is 1. The molecule has 2 aliphatic heterocycles. The molecule has 2 saturated carbocycles. The average molecular weight is 601 g/mol. The van der Waals surface area contributed by atoms with E-state index in [9.17, 15) is 10.2 Å². The average Bonchev–Trinajstić information content (AvgIpc) is 3.34. The molecule has 4 rings (SSSR count). The van der Waals surface area contributed by atoms with Gasteiger partial charge in [-0.1, -0.05) is 111 Å². The van der Waals surface area contributed by atoms with E-state index in [1.165, 1.54) is 27.9 Å². The van der Waals surface area contributed by atoms with Gasteiger partial charge in [-0.3, -0.25) is 0 Å². The van der Waals surface area contributed by atoms with Gasteiger partial charge in [0.15, 0.2) is 0 Å². The summed E-state index contributed by atoms with van der Waals surface area (Å²) in [6.45, 7) is 21.5. The standard InChI is InChI=1S/C40H56O4/c1-28(17-13-18-30(3)21-22-40-37(7,8)25-33(42)27-39(40,10)44-40)15-11-12-16-29(2)19-14-20-31(4)34-23-35-36(5,6)24-32(41)26-38(35,9)43-34/h11-23,32-34,41-42H,24-27H2,1-10H3/b12-11+,17-13+,19-14+,22-21+,28-15-,29-16+,30-18+,31-20+/t32-,33-,34+,38+,39+,40-/m0/s1. The lowest BCUT2D eigenvalue weighted by Crippen LogP contribution is -2.46. The van der Waals surface area contributed by atoms with Crippen molar-refractivity contribution in [2.45, 2.75) is 130 Å². The Hall–Kier alpha value is -2.50. The summed E-state index contributed by atoms with van der Waals surface area (Å²) in [7, 11) is 0. The Morgan fingerprint density at radius 2 is 1.25 bits per heavy atom. The number of hydrogen-bond acceptors (Lipinski definition) is 4. The van der Waals surface area contributed by atoms with Crippen molar-refractivity contribution in [1.82, 2.24) is 0 Å². The van der Waals surface area contributed by atoms with E-state index in [1.807, 2.05) is 0 Å². The molecule has 2 N–H and O–H groups in total. The van der Waals surface area contributed by atoms with E-state index in [2.05, 4.69) is 148 Å². The molecule has 2 aliphatic carbocycles. The van der Waals surface area contributed by atoms with Crippen LogP contribution in [0.4, 0.5) is 0 Å². The van der Waals surface area contributed by atoms with Crippen molar-refractivity contribution in [3.05, 3.63) is 107 Å². The largest absolute Gasteiger partial charge is 0.393 e. The lowest BCUT2D eigenvalue weighted by atomic mass is 9.63. The molecule has 0 unspecified atom stereocenters. The maximum absolute atomic E-state index is 10.4. The van der Waals surface area contributed by atoms with E-state index < -0.39 is 0 Å². The zero-order valence-electron chi connectivity index (χ0n) is 28.8. The quantitative estimate of drug-likeness (QED) is 0.158. The molecule has 0 aromatic carbocycles. The van der Waals surface area contributed by atoms with Crippen LogP contribution in [0.2, 0.25) is 0 Å². The summed E-state index contributed by atoms with van der Waals surface area (Å²) in [5, 5.41) is 20.6. The van der Waals surface area contributed by atoms with Gasteiger partial charge in [0.2, 0.25) is 0 Å². The maximum Gasteiger partial charge on any atom is 0.121 e. The Morgan fingerprint density at radius 3 is 1.86 bits per heavy atom. The molecule has 44 heavy (non-hydrogen) atoms. The molecular weight excluding hydrogens is 544 g/mol. The van der Waals surface area contributed by atoms with Gasteiger partial charge in [0.05, 0.1) is 23.9 Å². The fourth-order valence-electron chi connectivity index (χ4n) is 7.95. The molecule has 2 heterocycles. The zero-order chi connectivity index (χ0) is 32.6. The van der Waals surface area contributed by atoms with Crippen LogP contribution in [-0.2, 0) is 9.47 Å². The summed E-state index contributed by atoms with van der Waals surface area (Å²) in [6, 6.07) is 0. The van der Waals surface area contributed by atoms with Crippen molar-refractivity contribution in [3.8, 4) is 0 Å². The number of aliphatic hydroxyl groups is 2. The predicted octanol–water partition coefficient (Wildman–Crippen LogP) is 8.97. The summed E-state index contributed by atoms with van der Waals surface area (Å²) in [5.41, 5.74) is 4.89. The third-order valence-corrected chi connectivity index (χ3v) is 10.2. The highest BCUT2D eigenvalue weighted by atomic mass is 16.6. The smallest absolute Gasteiger partial charge is 0.121 e. The van der Waals surface area contributed by atoms with Crippen LogP contribution in [0.5, 0.6) is 0 Å². The molecule has 4 aliphatic rings. The molecule has 3 fully saturated rings. The van der Waals surface area contributed by atoms with Gasteiger partial charge < -0.3 is 19.7 Å². The third-order valence-electron chi connectivity index (χ3n) is 10.2. The van der Waals surface area contributed by atoms with E-state index >= 15 is 0 Å². The topological polar surface area (TPSA) is 62.2 Å². The molecule has 240 valence electrons. The van der Waals surface area contributed by atoms with Crippen LogP contribution < -0.4 is 0 Å². The Bertz CT molecular complexity index is 1380. The number of allylic oxidation sites excluding steroid dienone is 14. The van der Waals surface area contributed by atoms with Gasteiger partial charge in [-0.05, 0) is 83.1 Å². The van der Waals surface area contributed by atoms with Crippen molar-refractivity contribution in [1.29, 1.82) is 0 Å². The molecule has 1 saturated heterocycles. The van der Waals surface area contributed by atoms with Crippen LogP contribution >= 0.6 is 0 Å². The van der Waals surface area contributed by atoms with Gasteiger partial charge in [-0.15, -0.1) is 0 Å². The Kier molecular flexibility index (Phi) is 9.93. The lowest BCUT2D eigenvalue weighted by molar-refractivity contribution is -0.0683. The molecule has 0 bridgehead atoms. The van der Waals surface area contributed by atoms with Crippen molar-refractivity contribution >= 4 is 0 Å². The van der Waals surface area contributed by atoms with Crippen LogP contribution in [-0.4, -0.2) is 45.3 Å². The number of ether oxygens (including phenoxy) is 2. The second-order valence-corrected chi connectivity index (χ2v) is 15.4. The number of rotatable bonds is 9. The molecule has 4 heteroatoms. The van der Waals surface area contributed by atoms with E-state index in [0.717, 1.165) is 12.8 Å². The van der Waals surface area contributed by atoms with Crippen molar-refractivity contribution < 1.29 is 19.7 Å². The predicted molar refractivity (Wildman–Crippen MR) is 183 cm³/mol. The highest BCUT2D eigenvalue weighted by Crippen LogP contribution is 2.66. The highest BCUT2D eigenvalue weighted by Gasteiger charge is 2.74. The first-order chi connectivity index (χ1) is 20.4. The third kappa shape index (κ3) is 7.31. The first kappa shape index (κ1) is 34.4. The molecule has 0 spiro atoms. The van der Waals surface area contributed by atoms with E-state index in [4.69, 9.17) is 9.47 Å². The van der Waals surface area contributed by atoms with Gasteiger partial charge in [0.1, 0.15) is 11.2 Å². The van der Waals surface area contributed by atoms with E-state index in [-0.39, 0.29) is 45.9 Å².